The topological polar surface area (TPSA) is 85.5 Å². The summed E-state index contributed by atoms with van der Waals surface area (Å²) in [5.41, 5.74) is 2.71. The van der Waals surface area contributed by atoms with Crippen molar-refractivity contribution >= 4 is 16.6 Å². The normalized spacial score (nSPS) is 26.8. The summed E-state index contributed by atoms with van der Waals surface area (Å²) in [6, 6.07) is 14.5. The first-order chi connectivity index (χ1) is 16.4. The second-order valence-corrected chi connectivity index (χ2v) is 9.69. The molecular formula is C27H30N3O4+. The lowest BCUT2D eigenvalue weighted by Gasteiger charge is -2.58. The smallest absolute Gasteiger partial charge is 0.269 e. The highest BCUT2D eigenvalue weighted by Crippen LogP contribution is 2.48. The number of fused-ring (bicyclic) bond motifs is 4. The standard InChI is InChI=1S/C27H30N3O4/c1-3-19-17-30(16-18-5-4-6-21(13-18)29(32)33)12-10-20(19)14-26(30)27(31)23-9-11-28-25-8-7-22(34-2)15-24(23)25/h3-9,11,13,15,19-20,26-27,31H,1,10,12,14,16-17H2,2H3/q+1/t19?,20?,26?,27-,30?/m0/s1. The molecule has 0 aliphatic carbocycles. The van der Waals surface area contributed by atoms with Crippen LogP contribution in [-0.4, -0.2) is 45.7 Å². The number of methoxy groups -OCH3 is 1. The molecule has 0 amide bonds. The van der Waals surface area contributed by atoms with Gasteiger partial charge in [-0.15, -0.1) is 6.58 Å². The number of quaternary nitrogens is 1. The molecule has 3 fully saturated rings. The molecule has 2 aromatic carbocycles. The number of aromatic nitrogens is 1. The molecule has 176 valence electrons. The third-order valence-corrected chi connectivity index (χ3v) is 7.96. The van der Waals surface area contributed by atoms with Crippen molar-refractivity contribution in [3.8, 4) is 5.75 Å². The average molecular weight is 461 g/mol. The fraction of sp³-hybridized carbons (Fsp3) is 0.370. The van der Waals surface area contributed by atoms with Crippen molar-refractivity contribution in [1.29, 1.82) is 0 Å². The Bertz CT molecular complexity index is 1250. The van der Waals surface area contributed by atoms with Crippen LogP contribution in [0.2, 0.25) is 0 Å². The number of pyridine rings is 1. The van der Waals surface area contributed by atoms with Crippen LogP contribution in [0.25, 0.3) is 10.9 Å². The number of nitro benzene ring substituents is 1. The fourth-order valence-electron chi connectivity index (χ4n) is 6.25. The zero-order valence-corrected chi connectivity index (χ0v) is 19.3. The zero-order chi connectivity index (χ0) is 23.9. The molecule has 4 unspecified atom stereocenters. The van der Waals surface area contributed by atoms with Crippen LogP contribution < -0.4 is 4.74 Å². The van der Waals surface area contributed by atoms with Gasteiger partial charge < -0.3 is 14.3 Å². The van der Waals surface area contributed by atoms with E-state index in [-0.39, 0.29) is 16.7 Å². The zero-order valence-electron chi connectivity index (χ0n) is 19.3. The van der Waals surface area contributed by atoms with Crippen molar-refractivity contribution in [3.63, 3.8) is 0 Å². The maximum atomic E-state index is 11.9. The van der Waals surface area contributed by atoms with Crippen molar-refractivity contribution < 1.29 is 19.2 Å². The number of hydrogen-bond donors (Lipinski definition) is 1. The molecule has 3 aliphatic rings. The Morgan fingerprint density at radius 3 is 2.94 bits per heavy atom. The first-order valence-corrected chi connectivity index (χ1v) is 11.8. The minimum Gasteiger partial charge on any atom is -0.497 e. The second kappa shape index (κ2) is 8.81. The van der Waals surface area contributed by atoms with Gasteiger partial charge in [-0.3, -0.25) is 15.1 Å². The molecule has 7 heteroatoms. The maximum absolute atomic E-state index is 11.9. The van der Waals surface area contributed by atoms with Crippen LogP contribution in [0.1, 0.15) is 30.1 Å². The lowest BCUT2D eigenvalue weighted by Crippen LogP contribution is -2.67. The van der Waals surface area contributed by atoms with Crippen LogP contribution in [0.4, 0.5) is 5.69 Å². The van der Waals surface area contributed by atoms with Crippen LogP contribution in [0.5, 0.6) is 5.75 Å². The highest BCUT2D eigenvalue weighted by molar-refractivity contribution is 5.83. The lowest BCUT2D eigenvalue weighted by molar-refractivity contribution is -0.984. The predicted octanol–water partition coefficient (Wildman–Crippen LogP) is 4.80. The van der Waals surface area contributed by atoms with Crippen molar-refractivity contribution in [3.05, 3.63) is 88.6 Å². The van der Waals surface area contributed by atoms with E-state index in [0.717, 1.165) is 53.7 Å². The maximum Gasteiger partial charge on any atom is 0.269 e. The van der Waals surface area contributed by atoms with Crippen LogP contribution in [0.3, 0.4) is 0 Å². The summed E-state index contributed by atoms with van der Waals surface area (Å²) in [5.74, 6) is 1.60. The average Bonchev–Trinajstić information content (AvgIpc) is 2.87. The number of piperidine rings is 3. The Morgan fingerprint density at radius 2 is 2.18 bits per heavy atom. The number of benzene rings is 2. The molecule has 0 radical (unpaired) electrons. The molecule has 1 aromatic heterocycles. The summed E-state index contributed by atoms with van der Waals surface area (Å²) < 4.78 is 6.13. The molecule has 34 heavy (non-hydrogen) atoms. The molecule has 0 saturated carbocycles. The number of aliphatic hydroxyl groups is 1. The third-order valence-electron chi connectivity index (χ3n) is 7.96. The summed E-state index contributed by atoms with van der Waals surface area (Å²) in [4.78, 5) is 15.5. The first kappa shape index (κ1) is 22.5. The van der Waals surface area contributed by atoms with Crippen molar-refractivity contribution in [2.24, 2.45) is 11.8 Å². The molecule has 2 bridgehead atoms. The van der Waals surface area contributed by atoms with Gasteiger partial charge in [0, 0.05) is 48.0 Å². The number of hydrogen-bond acceptors (Lipinski definition) is 5. The Labute approximate surface area is 199 Å². The van der Waals surface area contributed by atoms with Gasteiger partial charge in [0.2, 0.25) is 0 Å². The Morgan fingerprint density at radius 1 is 1.32 bits per heavy atom. The van der Waals surface area contributed by atoms with Gasteiger partial charge in [-0.05, 0) is 35.7 Å². The van der Waals surface area contributed by atoms with E-state index >= 15 is 0 Å². The van der Waals surface area contributed by atoms with E-state index in [4.69, 9.17) is 4.74 Å². The van der Waals surface area contributed by atoms with E-state index in [2.05, 4.69) is 17.6 Å². The van der Waals surface area contributed by atoms with E-state index in [9.17, 15) is 15.2 Å². The molecular weight excluding hydrogens is 430 g/mol. The number of ether oxygens (including phenoxy) is 1. The van der Waals surface area contributed by atoms with Gasteiger partial charge in [0.05, 0.1) is 30.6 Å². The van der Waals surface area contributed by atoms with Crippen LogP contribution in [0, 0.1) is 22.0 Å². The van der Waals surface area contributed by atoms with E-state index < -0.39 is 6.10 Å². The summed E-state index contributed by atoms with van der Waals surface area (Å²) in [6.07, 6.45) is 5.08. The minimum atomic E-state index is -0.690. The molecule has 3 aromatic rings. The van der Waals surface area contributed by atoms with Gasteiger partial charge in [0.15, 0.2) is 0 Å². The predicted molar refractivity (Wildman–Crippen MR) is 130 cm³/mol. The number of nitrogens with zero attached hydrogens (tertiary/aromatic N) is 3. The Balaban J connectivity index is 1.56. The van der Waals surface area contributed by atoms with Gasteiger partial charge in [-0.2, -0.15) is 0 Å². The highest BCUT2D eigenvalue weighted by atomic mass is 16.6. The first-order valence-electron chi connectivity index (χ1n) is 11.8. The molecule has 0 spiro atoms. The Hall–Kier alpha value is -3.29. The van der Waals surface area contributed by atoms with Gasteiger partial charge in [0.25, 0.3) is 5.69 Å². The van der Waals surface area contributed by atoms with Gasteiger partial charge in [0.1, 0.15) is 24.4 Å². The number of non-ortho nitro benzene ring substituents is 1. The van der Waals surface area contributed by atoms with E-state index in [1.807, 2.05) is 30.3 Å². The largest absolute Gasteiger partial charge is 0.497 e. The third kappa shape index (κ3) is 3.85. The molecule has 3 saturated heterocycles. The molecule has 1 N–H and O–H groups in total. The highest BCUT2D eigenvalue weighted by Gasteiger charge is 2.54. The van der Waals surface area contributed by atoms with Gasteiger partial charge in [-0.25, -0.2) is 0 Å². The molecule has 3 aliphatic heterocycles. The van der Waals surface area contributed by atoms with E-state index in [1.54, 1.807) is 25.4 Å². The van der Waals surface area contributed by atoms with Crippen molar-refractivity contribution in [2.45, 2.75) is 31.5 Å². The number of nitro groups is 1. The van der Waals surface area contributed by atoms with Crippen LogP contribution >= 0.6 is 0 Å². The van der Waals surface area contributed by atoms with Gasteiger partial charge >= 0.3 is 0 Å². The number of aliphatic hydroxyl groups excluding tert-OH is 1. The molecule has 7 nitrogen and oxygen atoms in total. The molecule has 5 atom stereocenters. The van der Waals surface area contributed by atoms with E-state index in [1.165, 1.54) is 6.07 Å². The van der Waals surface area contributed by atoms with Gasteiger partial charge in [-0.1, -0.05) is 18.2 Å². The summed E-state index contributed by atoms with van der Waals surface area (Å²) in [5, 5.41) is 24.1. The number of rotatable bonds is 7. The Kier molecular flexibility index (Phi) is 5.83. The fourth-order valence-corrected chi connectivity index (χ4v) is 6.25. The minimum absolute atomic E-state index is 0.0222. The second-order valence-electron chi connectivity index (χ2n) is 9.69. The van der Waals surface area contributed by atoms with E-state index in [0.29, 0.717) is 22.9 Å². The van der Waals surface area contributed by atoms with Crippen LogP contribution in [-0.2, 0) is 6.54 Å². The van der Waals surface area contributed by atoms with Crippen molar-refractivity contribution in [1.82, 2.24) is 4.98 Å². The quantitative estimate of drug-likeness (QED) is 0.237. The summed E-state index contributed by atoms with van der Waals surface area (Å²) in [6.45, 7) is 6.54. The summed E-state index contributed by atoms with van der Waals surface area (Å²) >= 11 is 0. The SMILES string of the molecule is C=CC1C[N+]2(Cc3cccc([N+](=O)[O-])c3)CCC1CC2[C@@H](O)c1ccnc2ccc(OC)cc12. The molecule has 6 rings (SSSR count). The lowest BCUT2D eigenvalue weighted by atomic mass is 9.71. The van der Waals surface area contributed by atoms with Crippen LogP contribution in [0.15, 0.2) is 67.4 Å². The monoisotopic (exact) mass is 460 g/mol. The molecule has 4 heterocycles. The van der Waals surface area contributed by atoms with Crippen molar-refractivity contribution in [2.75, 3.05) is 20.2 Å². The summed E-state index contributed by atoms with van der Waals surface area (Å²) in [7, 11) is 1.63.